The molecule has 0 aromatic carbocycles. The molecule has 0 saturated carbocycles. The van der Waals surface area contributed by atoms with Gasteiger partial charge in [-0.05, 0) is 6.42 Å². The Labute approximate surface area is 94.5 Å². The summed E-state index contributed by atoms with van der Waals surface area (Å²) < 4.78 is 4.88. The maximum absolute atomic E-state index is 8.17. The largest absolute Gasteiger partial charge is 1.00 e. The Morgan fingerprint density at radius 3 is 2.50 bits per heavy atom. The van der Waals surface area contributed by atoms with Crippen molar-refractivity contribution in [2.45, 2.75) is 13.3 Å². The van der Waals surface area contributed by atoms with E-state index in [9.17, 15) is 0 Å². The normalized spacial score (nSPS) is 8.25. The fourth-order valence-corrected chi connectivity index (χ4v) is 0.311. The quantitative estimate of drug-likeness (QED) is 0.350. The Balaban J connectivity index is -0.000000180. The molecule has 0 fully saturated rings. The van der Waals surface area contributed by atoms with Crippen LogP contribution in [-0.2, 0) is 4.74 Å². The molecule has 0 heterocycles. The molecule has 0 radical (unpaired) electrons. The second-order valence-electron chi connectivity index (χ2n) is 1.34. The first kappa shape index (κ1) is 12.3. The predicted molar refractivity (Wildman–Crippen MR) is 29.3 cm³/mol. The Hall–Kier alpha value is 1.56. The van der Waals surface area contributed by atoms with Crippen LogP contribution >= 0.6 is 0 Å². The van der Waals surface area contributed by atoms with E-state index >= 15 is 0 Å². The van der Waals surface area contributed by atoms with E-state index in [1.165, 1.54) is 0 Å². The minimum absolute atomic E-state index is 0. The van der Waals surface area contributed by atoms with Crippen LogP contribution in [0.1, 0.15) is 14.8 Å². The van der Waals surface area contributed by atoms with E-state index in [0.717, 1.165) is 13.0 Å². The molecule has 46 valence electrons. The summed E-state index contributed by atoms with van der Waals surface area (Å²) in [4.78, 5) is 0. The smallest absolute Gasteiger partial charge is 1.00 e. The van der Waals surface area contributed by atoms with Gasteiger partial charge >= 0.3 is 51.4 Å². The van der Waals surface area contributed by atoms with Gasteiger partial charge in [0.05, 0.1) is 13.2 Å². The van der Waals surface area contributed by atoms with Gasteiger partial charge in [0, 0.05) is 6.61 Å². The summed E-state index contributed by atoms with van der Waals surface area (Å²) in [6.45, 7) is 3.42. The first-order chi connectivity index (χ1) is 3.41. The molecule has 2 nitrogen and oxygen atoms in total. The third kappa shape index (κ3) is 10.5. The second kappa shape index (κ2) is 11.4. The van der Waals surface area contributed by atoms with Crippen LogP contribution in [0.3, 0.4) is 0 Å². The Kier molecular flexibility index (Phi) is 17.4. The summed E-state index contributed by atoms with van der Waals surface area (Å²) in [6.07, 6.45) is 1.03. The summed E-state index contributed by atoms with van der Waals surface area (Å²) in [5.41, 5.74) is 0. The van der Waals surface area contributed by atoms with Gasteiger partial charge in [-0.2, -0.15) is 0 Å². The zero-order valence-corrected chi connectivity index (χ0v) is 8.81. The van der Waals surface area contributed by atoms with Gasteiger partial charge in [0.2, 0.25) is 0 Å². The maximum Gasteiger partial charge on any atom is 1.00 e. The van der Waals surface area contributed by atoms with Crippen molar-refractivity contribution in [3.05, 3.63) is 0 Å². The van der Waals surface area contributed by atoms with E-state index < -0.39 is 0 Å². The molecule has 0 aliphatic carbocycles. The standard InChI is InChI=1S/C5H12O2.K.H/c1-2-4-7-5-3-6;;/h6H,2-5H2,1H3;;/q;+1;-1. The van der Waals surface area contributed by atoms with Crippen molar-refractivity contribution in [3.63, 3.8) is 0 Å². The molecule has 0 aromatic heterocycles. The molecule has 0 amide bonds. The predicted octanol–water partition coefficient (Wildman–Crippen LogP) is -2.48. The Morgan fingerprint density at radius 1 is 1.50 bits per heavy atom. The van der Waals surface area contributed by atoms with Gasteiger partial charge < -0.3 is 11.3 Å². The molecule has 0 atom stereocenters. The van der Waals surface area contributed by atoms with Crippen molar-refractivity contribution < 1.29 is 62.7 Å². The monoisotopic (exact) mass is 144 g/mol. The molecule has 1 N–H and O–H groups in total. The Bertz CT molecular complexity index is 34.1. The molecule has 0 spiro atoms. The van der Waals surface area contributed by atoms with E-state index in [-0.39, 0.29) is 59.4 Å². The average molecular weight is 144 g/mol. The Morgan fingerprint density at radius 2 is 2.12 bits per heavy atom. The molecular formula is C5H13KO2. The van der Waals surface area contributed by atoms with Gasteiger partial charge in [-0.15, -0.1) is 0 Å². The molecular weight excluding hydrogens is 131 g/mol. The third-order valence-electron chi connectivity index (χ3n) is 0.584. The third-order valence-corrected chi connectivity index (χ3v) is 0.584. The van der Waals surface area contributed by atoms with E-state index in [4.69, 9.17) is 9.84 Å². The van der Waals surface area contributed by atoms with Gasteiger partial charge in [-0.3, -0.25) is 0 Å². The van der Waals surface area contributed by atoms with Gasteiger partial charge in [-0.25, -0.2) is 0 Å². The van der Waals surface area contributed by atoms with Crippen molar-refractivity contribution in [2.24, 2.45) is 0 Å². The summed E-state index contributed by atoms with van der Waals surface area (Å²) in [7, 11) is 0. The van der Waals surface area contributed by atoms with Crippen LogP contribution in [0.25, 0.3) is 0 Å². The summed E-state index contributed by atoms with van der Waals surface area (Å²) in [5.74, 6) is 0. The van der Waals surface area contributed by atoms with Gasteiger partial charge in [0.1, 0.15) is 0 Å². The average Bonchev–Trinajstić information content (AvgIpc) is 1.69. The molecule has 0 rings (SSSR count). The summed E-state index contributed by atoms with van der Waals surface area (Å²) in [5, 5.41) is 8.17. The van der Waals surface area contributed by atoms with Crippen molar-refractivity contribution in [1.29, 1.82) is 0 Å². The van der Waals surface area contributed by atoms with Gasteiger partial charge in [-0.1, -0.05) is 6.92 Å². The van der Waals surface area contributed by atoms with Crippen LogP contribution in [-0.4, -0.2) is 24.9 Å². The zero-order valence-electron chi connectivity index (χ0n) is 6.68. The first-order valence-electron chi connectivity index (χ1n) is 2.60. The first-order valence-corrected chi connectivity index (χ1v) is 2.60. The van der Waals surface area contributed by atoms with Crippen LogP contribution in [0.4, 0.5) is 0 Å². The van der Waals surface area contributed by atoms with E-state index in [1.54, 1.807) is 0 Å². The van der Waals surface area contributed by atoms with Crippen LogP contribution in [0.5, 0.6) is 0 Å². The SMILES string of the molecule is CCCOCCO.[H-].[K+]. The van der Waals surface area contributed by atoms with E-state index in [0.29, 0.717) is 6.61 Å². The number of rotatable bonds is 4. The van der Waals surface area contributed by atoms with Crippen LogP contribution in [0.15, 0.2) is 0 Å². The van der Waals surface area contributed by atoms with Crippen LogP contribution in [0, 0.1) is 0 Å². The molecule has 0 saturated heterocycles. The molecule has 3 heteroatoms. The number of hydrogen-bond acceptors (Lipinski definition) is 2. The molecule has 0 aliphatic heterocycles. The van der Waals surface area contributed by atoms with Crippen molar-refractivity contribution in [1.82, 2.24) is 0 Å². The number of aliphatic hydroxyl groups excluding tert-OH is 1. The molecule has 8 heavy (non-hydrogen) atoms. The van der Waals surface area contributed by atoms with Crippen molar-refractivity contribution >= 4 is 0 Å². The number of aliphatic hydroxyl groups is 1. The van der Waals surface area contributed by atoms with Gasteiger partial charge in [0.15, 0.2) is 0 Å². The maximum atomic E-state index is 8.17. The topological polar surface area (TPSA) is 29.5 Å². The summed E-state index contributed by atoms with van der Waals surface area (Å²) >= 11 is 0. The zero-order chi connectivity index (χ0) is 5.54. The molecule has 0 aliphatic rings. The fourth-order valence-electron chi connectivity index (χ4n) is 0.311. The summed E-state index contributed by atoms with van der Waals surface area (Å²) in [6, 6.07) is 0. The second-order valence-corrected chi connectivity index (χ2v) is 1.34. The van der Waals surface area contributed by atoms with E-state index in [1.807, 2.05) is 6.92 Å². The minimum Gasteiger partial charge on any atom is -1.00 e. The number of hydrogen-bond donors (Lipinski definition) is 1. The molecule has 0 bridgehead atoms. The fraction of sp³-hybridized carbons (Fsp3) is 1.00. The van der Waals surface area contributed by atoms with Crippen molar-refractivity contribution in [3.8, 4) is 0 Å². The molecule has 0 aromatic rings. The van der Waals surface area contributed by atoms with E-state index in [2.05, 4.69) is 0 Å². The van der Waals surface area contributed by atoms with Crippen LogP contribution in [0.2, 0.25) is 0 Å². The minimum atomic E-state index is 0. The molecule has 0 unspecified atom stereocenters. The van der Waals surface area contributed by atoms with Crippen LogP contribution < -0.4 is 51.4 Å². The number of ether oxygens (including phenoxy) is 1. The van der Waals surface area contributed by atoms with Crippen molar-refractivity contribution in [2.75, 3.05) is 19.8 Å². The van der Waals surface area contributed by atoms with Gasteiger partial charge in [0.25, 0.3) is 0 Å².